The lowest BCUT2D eigenvalue weighted by Crippen LogP contribution is -2.09. The molecule has 5 rings (SSSR count). The predicted molar refractivity (Wildman–Crippen MR) is 121 cm³/mol. The second-order valence-corrected chi connectivity index (χ2v) is 7.40. The fraction of sp³-hybridized carbons (Fsp3) is 0.0476. The van der Waals surface area contributed by atoms with Gasteiger partial charge in [-0.05, 0) is 24.3 Å². The van der Waals surface area contributed by atoms with Crippen molar-refractivity contribution < 1.29 is 0 Å². The summed E-state index contributed by atoms with van der Waals surface area (Å²) in [6.07, 6.45) is 1.68. The molecule has 148 valence electrons. The minimum atomic E-state index is 0.376. The minimum Gasteiger partial charge on any atom is -0.369 e. The fourth-order valence-corrected chi connectivity index (χ4v) is 3.91. The van der Waals surface area contributed by atoms with Gasteiger partial charge in [-0.1, -0.05) is 30.3 Å². The van der Waals surface area contributed by atoms with E-state index in [2.05, 4.69) is 25.3 Å². The molecule has 0 aliphatic heterocycles. The average molecular weight is 414 g/mol. The summed E-state index contributed by atoms with van der Waals surface area (Å²) in [5.74, 6) is 2.12. The zero-order valence-electron chi connectivity index (χ0n) is 16.1. The van der Waals surface area contributed by atoms with E-state index in [-0.39, 0.29) is 0 Å². The number of nitrogens with zero attached hydrogens (tertiary/aromatic N) is 6. The Morgan fingerprint density at radius 2 is 1.77 bits per heavy atom. The highest BCUT2D eigenvalue weighted by atomic mass is 32.1. The molecule has 0 aliphatic rings. The van der Waals surface area contributed by atoms with Crippen LogP contribution < -0.4 is 16.0 Å². The van der Waals surface area contributed by atoms with Crippen LogP contribution in [0.25, 0.3) is 16.9 Å². The van der Waals surface area contributed by atoms with Crippen LogP contribution in [0.4, 0.5) is 28.5 Å². The molecule has 3 heterocycles. The Labute approximate surface area is 176 Å². The summed E-state index contributed by atoms with van der Waals surface area (Å²) in [7, 11) is 1.99. The van der Waals surface area contributed by atoms with Crippen molar-refractivity contribution in [2.45, 2.75) is 0 Å². The molecule has 0 spiro atoms. The number of nitrogens with two attached hydrogens (primary N) is 1. The van der Waals surface area contributed by atoms with Gasteiger partial charge in [0.1, 0.15) is 11.6 Å². The van der Waals surface area contributed by atoms with Crippen LogP contribution in [0.5, 0.6) is 0 Å². The molecule has 3 N–H and O–H groups in total. The summed E-state index contributed by atoms with van der Waals surface area (Å²) in [5, 5.41) is 5.98. The number of benzene rings is 2. The van der Waals surface area contributed by atoms with E-state index in [9.17, 15) is 0 Å². The average Bonchev–Trinajstić information content (AvgIpc) is 3.37. The molecule has 0 fully saturated rings. The van der Waals surface area contributed by atoms with E-state index in [1.54, 1.807) is 16.8 Å². The predicted octanol–water partition coefficient (Wildman–Crippen LogP) is 4.37. The number of hydrogen-bond donors (Lipinski definition) is 2. The van der Waals surface area contributed by atoms with Crippen LogP contribution in [0.3, 0.4) is 0 Å². The second-order valence-electron chi connectivity index (χ2n) is 6.57. The van der Waals surface area contributed by atoms with E-state index in [0.717, 1.165) is 21.9 Å². The molecule has 5 aromatic rings. The van der Waals surface area contributed by atoms with E-state index >= 15 is 0 Å². The van der Waals surface area contributed by atoms with Gasteiger partial charge in [0, 0.05) is 30.4 Å². The largest absolute Gasteiger partial charge is 0.369 e. The monoisotopic (exact) mass is 414 g/mol. The first-order valence-electron chi connectivity index (χ1n) is 9.27. The van der Waals surface area contributed by atoms with Crippen LogP contribution >= 0.6 is 11.3 Å². The van der Waals surface area contributed by atoms with Crippen LogP contribution in [0, 0.1) is 0 Å². The van der Waals surface area contributed by atoms with Crippen LogP contribution in [0.1, 0.15) is 0 Å². The summed E-state index contributed by atoms with van der Waals surface area (Å²) < 4.78 is 1.80. The number of fused-ring (bicyclic) bond motifs is 1. The zero-order valence-corrected chi connectivity index (χ0v) is 16.9. The number of nitrogen functional groups attached to an aromatic ring is 1. The van der Waals surface area contributed by atoms with Crippen molar-refractivity contribution in [1.82, 2.24) is 24.5 Å². The van der Waals surface area contributed by atoms with Crippen LogP contribution in [-0.2, 0) is 0 Å². The van der Waals surface area contributed by atoms with Gasteiger partial charge in [-0.25, -0.2) is 15.0 Å². The van der Waals surface area contributed by atoms with E-state index in [1.807, 2.05) is 71.9 Å². The van der Waals surface area contributed by atoms with Crippen molar-refractivity contribution >= 4 is 50.9 Å². The number of rotatable bonds is 5. The van der Waals surface area contributed by atoms with Gasteiger partial charge in [0.25, 0.3) is 0 Å². The van der Waals surface area contributed by atoms with Gasteiger partial charge in [-0.15, -0.1) is 11.3 Å². The number of hydrogen-bond acceptors (Lipinski definition) is 8. The quantitative estimate of drug-likeness (QED) is 0.441. The van der Waals surface area contributed by atoms with E-state index in [1.165, 1.54) is 11.3 Å². The molecule has 3 aromatic heterocycles. The highest BCUT2D eigenvalue weighted by Crippen LogP contribution is 2.29. The molecule has 0 saturated heterocycles. The van der Waals surface area contributed by atoms with Gasteiger partial charge in [0.2, 0.25) is 11.9 Å². The highest BCUT2D eigenvalue weighted by Gasteiger charge is 2.13. The van der Waals surface area contributed by atoms with Crippen LogP contribution in [0.2, 0.25) is 0 Å². The summed E-state index contributed by atoms with van der Waals surface area (Å²) >= 11 is 1.54. The molecule has 0 amide bonds. The van der Waals surface area contributed by atoms with E-state index < -0.39 is 0 Å². The van der Waals surface area contributed by atoms with Crippen molar-refractivity contribution in [3.63, 3.8) is 0 Å². The van der Waals surface area contributed by atoms with Crippen molar-refractivity contribution in [2.75, 3.05) is 23.0 Å². The molecule has 8 nitrogen and oxygen atoms in total. The minimum absolute atomic E-state index is 0.376. The van der Waals surface area contributed by atoms with E-state index in [0.29, 0.717) is 23.5 Å². The first-order chi connectivity index (χ1) is 14.7. The van der Waals surface area contributed by atoms with Gasteiger partial charge < -0.3 is 16.0 Å². The topological polar surface area (TPSA) is 97.8 Å². The Kier molecular flexibility index (Phi) is 4.49. The Hall–Kier alpha value is -3.98. The van der Waals surface area contributed by atoms with Crippen LogP contribution in [-0.4, -0.2) is 31.6 Å². The fourth-order valence-electron chi connectivity index (χ4n) is 3.17. The van der Waals surface area contributed by atoms with E-state index in [4.69, 9.17) is 5.73 Å². The number of anilines is 5. The maximum Gasteiger partial charge on any atom is 0.230 e. The molecular formula is C21H18N8S. The second kappa shape index (κ2) is 7.45. The lowest BCUT2D eigenvalue weighted by atomic mass is 10.3. The number of para-hydroxylation sites is 3. The molecule has 30 heavy (non-hydrogen) atoms. The molecule has 0 atom stereocenters. The molecular weight excluding hydrogens is 396 g/mol. The number of nitrogens with one attached hydrogen (secondary N) is 1. The molecule has 0 saturated carbocycles. The summed E-state index contributed by atoms with van der Waals surface area (Å²) in [6, 6.07) is 19.6. The lowest BCUT2D eigenvalue weighted by molar-refractivity contribution is 1.01. The summed E-state index contributed by atoms with van der Waals surface area (Å²) in [5.41, 5.74) is 8.91. The first kappa shape index (κ1) is 18.1. The van der Waals surface area contributed by atoms with Crippen molar-refractivity contribution in [2.24, 2.45) is 0 Å². The number of aromatic nitrogens is 5. The first-order valence-corrected chi connectivity index (χ1v) is 10.1. The van der Waals surface area contributed by atoms with Crippen molar-refractivity contribution in [3.05, 3.63) is 72.2 Å². The third kappa shape index (κ3) is 3.31. The Bertz CT molecular complexity index is 1310. The van der Waals surface area contributed by atoms with Crippen LogP contribution in [0.15, 0.2) is 72.2 Å². The standard InChI is InChI=1S/C21H18N8S/c1-28(14-7-3-2-4-8-14)21-26-17(13-30-21)25-20-23-12-11-18(27-20)29-16-10-6-5-9-15(16)24-19(29)22/h2-13H,1H3,(H2,22,24)(H,23,25,27). The number of thiazole rings is 1. The highest BCUT2D eigenvalue weighted by molar-refractivity contribution is 7.14. The Morgan fingerprint density at radius 3 is 2.63 bits per heavy atom. The Balaban J connectivity index is 1.42. The van der Waals surface area contributed by atoms with Crippen molar-refractivity contribution in [1.29, 1.82) is 0 Å². The van der Waals surface area contributed by atoms with Gasteiger partial charge in [0.15, 0.2) is 5.13 Å². The van der Waals surface area contributed by atoms with Gasteiger partial charge >= 0.3 is 0 Å². The van der Waals surface area contributed by atoms with Crippen molar-refractivity contribution in [3.8, 4) is 5.82 Å². The van der Waals surface area contributed by atoms with Gasteiger partial charge in [-0.2, -0.15) is 4.98 Å². The maximum absolute atomic E-state index is 6.13. The number of imidazole rings is 1. The normalized spacial score (nSPS) is 11.0. The zero-order chi connectivity index (χ0) is 20.5. The third-order valence-electron chi connectivity index (χ3n) is 4.62. The lowest BCUT2D eigenvalue weighted by Gasteiger charge is -2.15. The smallest absolute Gasteiger partial charge is 0.230 e. The third-order valence-corrected chi connectivity index (χ3v) is 5.54. The molecule has 0 bridgehead atoms. The Morgan fingerprint density at radius 1 is 0.967 bits per heavy atom. The SMILES string of the molecule is CN(c1ccccc1)c1nc(Nc2nccc(-n3c(N)nc4ccccc43)n2)cs1. The summed E-state index contributed by atoms with van der Waals surface area (Å²) in [4.78, 5) is 20.0. The molecule has 2 aromatic carbocycles. The maximum atomic E-state index is 6.13. The molecule has 9 heteroatoms. The molecule has 0 aliphatic carbocycles. The van der Waals surface area contributed by atoms with Gasteiger partial charge in [-0.3, -0.25) is 4.57 Å². The van der Waals surface area contributed by atoms with Gasteiger partial charge in [0.05, 0.1) is 11.0 Å². The molecule has 0 unspecified atom stereocenters. The summed E-state index contributed by atoms with van der Waals surface area (Å²) in [6.45, 7) is 0. The molecule has 0 radical (unpaired) electrons.